The van der Waals surface area contributed by atoms with Gasteiger partial charge in [-0.25, -0.2) is 18.0 Å². The van der Waals surface area contributed by atoms with E-state index in [0.29, 0.717) is 24.8 Å². The van der Waals surface area contributed by atoms with Crippen LogP contribution in [0.4, 0.5) is 26.7 Å². The number of carbonyl (C=O) groups excluding carboxylic acids is 2. The first-order valence-electron chi connectivity index (χ1n) is 7.36. The van der Waals surface area contributed by atoms with Gasteiger partial charge in [0.1, 0.15) is 5.75 Å². The number of Topliss-reactive ketones (excluding diaryl/α,β-unsaturated/α-hetero) is 1. The Morgan fingerprint density at radius 3 is 2.12 bits per heavy atom. The van der Waals surface area contributed by atoms with Gasteiger partial charge in [-0.05, 0) is 30.5 Å². The van der Waals surface area contributed by atoms with E-state index in [1.54, 1.807) is 0 Å². The summed E-state index contributed by atoms with van der Waals surface area (Å²) in [5, 5.41) is 0. The molecule has 0 unspecified atom stereocenters. The van der Waals surface area contributed by atoms with E-state index in [4.69, 9.17) is 0 Å². The van der Waals surface area contributed by atoms with Gasteiger partial charge >= 0.3 is 6.16 Å². The van der Waals surface area contributed by atoms with Crippen molar-refractivity contribution in [3.63, 3.8) is 0 Å². The van der Waals surface area contributed by atoms with E-state index in [9.17, 15) is 31.5 Å². The molecule has 2 aromatic carbocycles. The first-order valence-corrected chi connectivity index (χ1v) is 7.36. The van der Waals surface area contributed by atoms with Gasteiger partial charge in [0.15, 0.2) is 5.78 Å². The first-order chi connectivity index (χ1) is 12.3. The molecule has 0 heterocycles. The highest BCUT2D eigenvalue weighted by atomic mass is 19.2. The molecule has 0 fully saturated rings. The lowest BCUT2D eigenvalue weighted by molar-refractivity contribution is 0.0971. The van der Waals surface area contributed by atoms with Crippen molar-refractivity contribution in [3.8, 4) is 11.5 Å². The van der Waals surface area contributed by atoms with E-state index in [1.807, 2.05) is 0 Å². The summed E-state index contributed by atoms with van der Waals surface area (Å²) in [7, 11) is 0. The van der Waals surface area contributed by atoms with Crippen molar-refractivity contribution in [2.24, 2.45) is 0 Å². The molecule has 0 aliphatic heterocycles. The first kappa shape index (κ1) is 17.8. The molecule has 0 amide bonds. The molecule has 0 saturated carbocycles. The number of rotatable bonds is 2. The molecule has 0 atom stereocenters. The lowest BCUT2D eigenvalue weighted by Crippen LogP contribution is -2.18. The van der Waals surface area contributed by atoms with Gasteiger partial charge in [-0.3, -0.25) is 4.79 Å². The van der Waals surface area contributed by atoms with Crippen LogP contribution in [0.1, 0.15) is 28.8 Å². The van der Waals surface area contributed by atoms with E-state index in [1.165, 1.54) is 18.2 Å². The van der Waals surface area contributed by atoms with Crippen molar-refractivity contribution in [1.29, 1.82) is 0 Å². The van der Waals surface area contributed by atoms with Gasteiger partial charge in [0.25, 0.3) is 0 Å². The lowest BCUT2D eigenvalue weighted by atomic mass is 9.91. The Hall–Kier alpha value is -2.97. The van der Waals surface area contributed by atoms with Crippen molar-refractivity contribution in [3.05, 3.63) is 58.4 Å². The number of ether oxygens (including phenoxy) is 2. The molecule has 4 nitrogen and oxygen atoms in total. The predicted octanol–water partition coefficient (Wildman–Crippen LogP) is 4.48. The van der Waals surface area contributed by atoms with Crippen molar-refractivity contribution in [2.75, 3.05) is 0 Å². The number of halogens is 5. The summed E-state index contributed by atoms with van der Waals surface area (Å²) in [6, 6.07) is 4.10. The highest BCUT2D eigenvalue weighted by molar-refractivity contribution is 5.98. The minimum atomic E-state index is -2.38. The molecule has 1 aliphatic rings. The van der Waals surface area contributed by atoms with E-state index in [-0.39, 0.29) is 11.5 Å². The Kier molecular flexibility index (Phi) is 4.62. The molecule has 0 radical (unpaired) electrons. The zero-order valence-corrected chi connectivity index (χ0v) is 12.9. The maximum atomic E-state index is 13.5. The Morgan fingerprint density at radius 1 is 0.846 bits per heavy atom. The third-order valence-electron chi connectivity index (χ3n) is 3.79. The fourth-order valence-corrected chi connectivity index (χ4v) is 2.55. The molecular weight excluding hydrogens is 363 g/mol. The van der Waals surface area contributed by atoms with Gasteiger partial charge in [0, 0.05) is 12.0 Å². The van der Waals surface area contributed by atoms with Crippen LogP contribution >= 0.6 is 0 Å². The van der Waals surface area contributed by atoms with E-state index in [2.05, 4.69) is 9.47 Å². The number of benzene rings is 2. The van der Waals surface area contributed by atoms with Crippen molar-refractivity contribution in [2.45, 2.75) is 19.3 Å². The van der Waals surface area contributed by atoms with Crippen LogP contribution in [0.3, 0.4) is 0 Å². The van der Waals surface area contributed by atoms with E-state index < -0.39 is 41.0 Å². The van der Waals surface area contributed by atoms with Crippen LogP contribution in [-0.2, 0) is 6.42 Å². The van der Waals surface area contributed by atoms with Crippen molar-refractivity contribution in [1.82, 2.24) is 0 Å². The van der Waals surface area contributed by atoms with Gasteiger partial charge < -0.3 is 9.47 Å². The minimum absolute atomic E-state index is 0.162. The highest BCUT2D eigenvalue weighted by Gasteiger charge is 2.29. The molecule has 0 spiro atoms. The average molecular weight is 372 g/mol. The van der Waals surface area contributed by atoms with Gasteiger partial charge in [0.05, 0.1) is 0 Å². The van der Waals surface area contributed by atoms with Crippen molar-refractivity contribution >= 4 is 11.9 Å². The SMILES string of the molecule is O=C(Oc1ccc2c(c1)C(=O)CCC2)Oc1c(F)c(F)c(F)c(F)c1F. The van der Waals surface area contributed by atoms with E-state index in [0.717, 1.165) is 5.56 Å². The third-order valence-corrected chi connectivity index (χ3v) is 3.79. The summed E-state index contributed by atoms with van der Waals surface area (Å²) in [5.41, 5.74) is 1.08. The molecule has 136 valence electrons. The van der Waals surface area contributed by atoms with Crippen LogP contribution < -0.4 is 9.47 Å². The number of carbonyl (C=O) groups is 2. The molecule has 0 bridgehead atoms. The molecule has 0 N–H and O–H groups in total. The van der Waals surface area contributed by atoms with Crippen LogP contribution in [0.15, 0.2) is 18.2 Å². The fourth-order valence-electron chi connectivity index (χ4n) is 2.55. The largest absolute Gasteiger partial charge is 0.519 e. The standard InChI is InChI=1S/C17H9F5O4/c18-11-12(19)14(21)16(15(22)13(11)20)26-17(24)25-8-5-4-7-2-1-3-10(23)9(7)6-8/h4-6H,1-3H2. The molecule has 1 aliphatic carbocycles. The molecular formula is C17H9F5O4. The minimum Gasteiger partial charge on any atom is -0.395 e. The number of fused-ring (bicyclic) bond motifs is 1. The molecule has 0 aromatic heterocycles. The maximum absolute atomic E-state index is 13.5. The van der Waals surface area contributed by atoms with Crippen LogP contribution in [0.25, 0.3) is 0 Å². The summed E-state index contributed by atoms with van der Waals surface area (Å²) in [5.74, 6) is -13.6. The second-order valence-electron chi connectivity index (χ2n) is 5.45. The van der Waals surface area contributed by atoms with Crippen LogP contribution in [-0.4, -0.2) is 11.9 Å². The Morgan fingerprint density at radius 2 is 1.46 bits per heavy atom. The molecule has 2 aromatic rings. The topological polar surface area (TPSA) is 52.6 Å². The van der Waals surface area contributed by atoms with Gasteiger partial charge in [0.2, 0.25) is 34.8 Å². The van der Waals surface area contributed by atoms with E-state index >= 15 is 0 Å². The highest BCUT2D eigenvalue weighted by Crippen LogP contribution is 2.30. The monoisotopic (exact) mass is 372 g/mol. The lowest BCUT2D eigenvalue weighted by Gasteiger charge is -2.15. The normalized spacial score (nSPS) is 13.3. The summed E-state index contributed by atoms with van der Waals surface area (Å²) in [6.07, 6.45) is -0.0488. The second kappa shape index (κ2) is 6.74. The summed E-state index contributed by atoms with van der Waals surface area (Å²) < 4.78 is 74.9. The Bertz CT molecular complexity index is 897. The van der Waals surface area contributed by atoms with Crippen LogP contribution in [0, 0.1) is 29.1 Å². The van der Waals surface area contributed by atoms with Gasteiger partial charge in [-0.2, -0.15) is 8.78 Å². The number of hydrogen-bond acceptors (Lipinski definition) is 4. The third kappa shape index (κ3) is 3.12. The van der Waals surface area contributed by atoms with Crippen LogP contribution in [0.2, 0.25) is 0 Å². The quantitative estimate of drug-likeness (QED) is 0.256. The smallest absolute Gasteiger partial charge is 0.395 e. The second-order valence-corrected chi connectivity index (χ2v) is 5.45. The van der Waals surface area contributed by atoms with Crippen molar-refractivity contribution < 1.29 is 41.0 Å². The zero-order chi connectivity index (χ0) is 19.0. The summed E-state index contributed by atoms with van der Waals surface area (Å²) in [6.45, 7) is 0. The summed E-state index contributed by atoms with van der Waals surface area (Å²) >= 11 is 0. The van der Waals surface area contributed by atoms with Crippen LogP contribution in [0.5, 0.6) is 11.5 Å². The molecule has 9 heteroatoms. The number of ketones is 1. The number of hydrogen-bond donors (Lipinski definition) is 0. The van der Waals surface area contributed by atoms with Gasteiger partial charge in [-0.1, -0.05) is 6.07 Å². The molecule has 3 rings (SSSR count). The maximum Gasteiger partial charge on any atom is 0.519 e. The molecule has 0 saturated heterocycles. The number of aryl methyl sites for hydroxylation is 1. The fraction of sp³-hybridized carbons (Fsp3) is 0.176. The summed E-state index contributed by atoms with van der Waals surface area (Å²) in [4.78, 5) is 23.5. The Balaban J connectivity index is 1.83. The van der Waals surface area contributed by atoms with Gasteiger partial charge in [-0.15, -0.1) is 0 Å². The zero-order valence-electron chi connectivity index (χ0n) is 12.9. The Labute approximate surface area is 143 Å². The average Bonchev–Trinajstić information content (AvgIpc) is 2.63. The predicted molar refractivity (Wildman–Crippen MR) is 76.6 cm³/mol. The molecule has 26 heavy (non-hydrogen) atoms.